The van der Waals surface area contributed by atoms with Gasteiger partial charge in [-0.05, 0) is 37.5 Å². The van der Waals surface area contributed by atoms with Gasteiger partial charge in [-0.25, -0.2) is 4.79 Å². The first-order valence-corrected chi connectivity index (χ1v) is 6.39. The lowest BCUT2D eigenvalue weighted by Crippen LogP contribution is -2.09. The number of benzene rings is 1. The lowest BCUT2D eigenvalue weighted by molar-refractivity contribution is -0.116. The first kappa shape index (κ1) is 14.7. The van der Waals surface area contributed by atoms with Gasteiger partial charge in [0.05, 0.1) is 12.2 Å². The first-order valence-electron chi connectivity index (χ1n) is 5.95. The highest BCUT2D eigenvalue weighted by Gasteiger charge is 2.17. The molecule has 1 aromatic carbocycles. The maximum absolute atomic E-state index is 11.7. The number of rotatable bonds is 5. The molecule has 0 aliphatic rings. The van der Waals surface area contributed by atoms with Crippen LogP contribution in [0.1, 0.15) is 47.6 Å². The topological polar surface area (TPSA) is 43.4 Å². The first-order chi connectivity index (χ1) is 8.51. The molecule has 0 bridgehead atoms. The third-order valence-corrected chi connectivity index (χ3v) is 3.21. The van der Waals surface area contributed by atoms with Crippen molar-refractivity contribution < 1.29 is 14.3 Å². The third-order valence-electron chi connectivity index (χ3n) is 2.66. The number of alkyl halides is 1. The highest BCUT2D eigenvalue weighted by Crippen LogP contribution is 2.24. The quantitative estimate of drug-likeness (QED) is 0.608. The highest BCUT2D eigenvalue weighted by atomic mass is 35.5. The second-order valence-corrected chi connectivity index (χ2v) is 4.40. The molecule has 3 nitrogen and oxygen atoms in total. The molecule has 18 heavy (non-hydrogen) atoms. The molecule has 0 aliphatic carbocycles. The summed E-state index contributed by atoms with van der Waals surface area (Å²) >= 11 is 6.00. The Labute approximate surface area is 112 Å². The summed E-state index contributed by atoms with van der Waals surface area (Å²) in [5.74, 6) is -0.447. The molecule has 0 amide bonds. The van der Waals surface area contributed by atoms with Crippen LogP contribution < -0.4 is 0 Å². The van der Waals surface area contributed by atoms with E-state index >= 15 is 0 Å². The van der Waals surface area contributed by atoms with Gasteiger partial charge in [-0.1, -0.05) is 19.1 Å². The molecular weight excluding hydrogens is 252 g/mol. The normalized spacial score (nSPS) is 12.0. The molecule has 0 saturated heterocycles. The fourth-order valence-corrected chi connectivity index (χ4v) is 1.84. The number of ketones is 1. The number of Topliss-reactive ketones (excluding diaryl/α,β-unsaturated/α-hetero) is 1. The fourth-order valence-electron chi connectivity index (χ4n) is 1.71. The number of aryl methyl sites for hydroxylation is 1. The van der Waals surface area contributed by atoms with Crippen LogP contribution >= 0.6 is 11.6 Å². The van der Waals surface area contributed by atoms with Crippen molar-refractivity contribution in [1.82, 2.24) is 0 Å². The minimum absolute atomic E-state index is 0.109. The molecule has 98 valence electrons. The smallest absolute Gasteiger partial charge is 0.338 e. The van der Waals surface area contributed by atoms with E-state index in [0.29, 0.717) is 24.2 Å². The molecule has 1 aromatic rings. The molecule has 0 radical (unpaired) electrons. The Bertz CT molecular complexity index is 454. The summed E-state index contributed by atoms with van der Waals surface area (Å²) in [7, 11) is 0. The van der Waals surface area contributed by atoms with Crippen LogP contribution in [0.15, 0.2) is 18.2 Å². The van der Waals surface area contributed by atoms with Gasteiger partial charge in [-0.2, -0.15) is 0 Å². The zero-order valence-electron chi connectivity index (χ0n) is 10.8. The van der Waals surface area contributed by atoms with Gasteiger partial charge in [0.2, 0.25) is 0 Å². The summed E-state index contributed by atoms with van der Waals surface area (Å²) in [5, 5.41) is -0.661. The average Bonchev–Trinajstić information content (AvgIpc) is 2.37. The van der Waals surface area contributed by atoms with Crippen LogP contribution in [0.4, 0.5) is 0 Å². The van der Waals surface area contributed by atoms with Crippen molar-refractivity contribution >= 4 is 23.4 Å². The number of carbonyl (C=O) groups excluding carboxylic acids is 2. The highest BCUT2D eigenvalue weighted by molar-refractivity contribution is 6.30. The summed E-state index contributed by atoms with van der Waals surface area (Å²) in [6, 6.07) is 5.17. The molecule has 1 rings (SSSR count). The van der Waals surface area contributed by atoms with E-state index in [1.54, 1.807) is 25.1 Å². The minimum Gasteiger partial charge on any atom is -0.462 e. The van der Waals surface area contributed by atoms with Crippen LogP contribution in [0.2, 0.25) is 0 Å². The molecule has 0 heterocycles. The van der Waals surface area contributed by atoms with Crippen LogP contribution in [0.5, 0.6) is 0 Å². The van der Waals surface area contributed by atoms with Gasteiger partial charge in [0.1, 0.15) is 5.38 Å². The molecule has 1 unspecified atom stereocenters. The van der Waals surface area contributed by atoms with Crippen molar-refractivity contribution in [2.45, 2.75) is 32.6 Å². The van der Waals surface area contributed by atoms with Crippen LogP contribution in [0.25, 0.3) is 0 Å². The molecule has 0 spiro atoms. The summed E-state index contributed by atoms with van der Waals surface area (Å²) in [6.45, 7) is 5.50. The van der Waals surface area contributed by atoms with Crippen molar-refractivity contribution in [3.05, 3.63) is 34.9 Å². The van der Waals surface area contributed by atoms with Crippen LogP contribution in [-0.2, 0) is 16.0 Å². The monoisotopic (exact) mass is 268 g/mol. The Kier molecular flexibility index (Phi) is 5.35. The van der Waals surface area contributed by atoms with E-state index in [-0.39, 0.29) is 11.8 Å². The largest absolute Gasteiger partial charge is 0.462 e. The Balaban J connectivity index is 3.11. The summed E-state index contributed by atoms with van der Waals surface area (Å²) in [5.41, 5.74) is 2.10. The Morgan fingerprint density at radius 2 is 2.00 bits per heavy atom. The van der Waals surface area contributed by atoms with E-state index in [1.165, 1.54) is 6.92 Å². The van der Waals surface area contributed by atoms with E-state index in [1.807, 2.05) is 6.92 Å². The van der Waals surface area contributed by atoms with Gasteiger partial charge in [-0.3, -0.25) is 4.79 Å². The lowest BCUT2D eigenvalue weighted by Gasteiger charge is -2.11. The maximum atomic E-state index is 11.7. The minimum atomic E-state index is -0.661. The average molecular weight is 269 g/mol. The van der Waals surface area contributed by atoms with Gasteiger partial charge in [0, 0.05) is 0 Å². The second kappa shape index (κ2) is 6.55. The molecule has 0 saturated carbocycles. The third kappa shape index (κ3) is 3.33. The number of ether oxygens (including phenoxy) is 1. The fraction of sp³-hybridized carbons (Fsp3) is 0.429. The zero-order chi connectivity index (χ0) is 13.7. The summed E-state index contributed by atoms with van der Waals surface area (Å²) < 4.78 is 4.98. The van der Waals surface area contributed by atoms with Crippen LogP contribution in [-0.4, -0.2) is 18.4 Å². The molecule has 0 fully saturated rings. The zero-order valence-corrected chi connectivity index (χ0v) is 11.6. The Morgan fingerprint density at radius 1 is 1.33 bits per heavy atom. The summed E-state index contributed by atoms with van der Waals surface area (Å²) in [4.78, 5) is 23.0. The summed E-state index contributed by atoms with van der Waals surface area (Å²) in [6.07, 6.45) is 0.684. The lowest BCUT2D eigenvalue weighted by atomic mass is 9.99. The van der Waals surface area contributed by atoms with Crippen molar-refractivity contribution in [3.63, 3.8) is 0 Å². The van der Waals surface area contributed by atoms with Crippen molar-refractivity contribution in [1.29, 1.82) is 0 Å². The molecule has 0 aromatic heterocycles. The standard InChI is InChI=1S/C14H17ClO3/c1-4-10-8-11(13(15)9(3)16)6-7-12(10)14(17)18-5-2/h6-8,13H,4-5H2,1-3H3. The molecular formula is C14H17ClO3. The predicted molar refractivity (Wildman–Crippen MR) is 71.1 cm³/mol. The van der Waals surface area contributed by atoms with Gasteiger partial charge in [0.15, 0.2) is 5.78 Å². The molecule has 0 aliphatic heterocycles. The van der Waals surface area contributed by atoms with E-state index in [0.717, 1.165) is 5.56 Å². The van der Waals surface area contributed by atoms with Crippen molar-refractivity contribution in [2.75, 3.05) is 6.61 Å². The second-order valence-electron chi connectivity index (χ2n) is 3.96. The number of hydrogen-bond donors (Lipinski definition) is 0. The number of carbonyl (C=O) groups is 2. The molecule has 1 atom stereocenters. The van der Waals surface area contributed by atoms with E-state index in [4.69, 9.17) is 16.3 Å². The van der Waals surface area contributed by atoms with Gasteiger partial charge < -0.3 is 4.74 Å². The molecule has 0 N–H and O–H groups in total. The van der Waals surface area contributed by atoms with E-state index in [9.17, 15) is 9.59 Å². The Hall–Kier alpha value is -1.35. The van der Waals surface area contributed by atoms with Gasteiger partial charge >= 0.3 is 5.97 Å². The maximum Gasteiger partial charge on any atom is 0.338 e. The van der Waals surface area contributed by atoms with Crippen molar-refractivity contribution in [3.8, 4) is 0 Å². The number of hydrogen-bond acceptors (Lipinski definition) is 3. The van der Waals surface area contributed by atoms with E-state index < -0.39 is 5.38 Å². The molecule has 4 heteroatoms. The van der Waals surface area contributed by atoms with Gasteiger partial charge in [-0.15, -0.1) is 11.6 Å². The SMILES string of the molecule is CCOC(=O)c1ccc(C(Cl)C(C)=O)cc1CC. The van der Waals surface area contributed by atoms with Crippen LogP contribution in [0, 0.1) is 0 Å². The Morgan fingerprint density at radius 3 is 2.50 bits per heavy atom. The van der Waals surface area contributed by atoms with Gasteiger partial charge in [0.25, 0.3) is 0 Å². The van der Waals surface area contributed by atoms with E-state index in [2.05, 4.69) is 0 Å². The van der Waals surface area contributed by atoms with Crippen LogP contribution in [0.3, 0.4) is 0 Å². The predicted octanol–water partition coefficient (Wildman–Crippen LogP) is 3.29. The number of esters is 1. The van der Waals surface area contributed by atoms with Crippen molar-refractivity contribution in [2.24, 2.45) is 0 Å². The number of halogens is 1.